The SMILES string of the molecule is O=S(=O)(O)CCCc1ccc(Cl)cc1. The molecule has 0 bridgehead atoms. The van der Waals surface area contributed by atoms with Crippen LogP contribution in [0.15, 0.2) is 24.3 Å². The first kappa shape index (κ1) is 11.5. The van der Waals surface area contributed by atoms with Gasteiger partial charge in [-0.3, -0.25) is 4.55 Å². The monoisotopic (exact) mass is 234 g/mol. The van der Waals surface area contributed by atoms with Crippen LogP contribution in [0.4, 0.5) is 0 Å². The summed E-state index contributed by atoms with van der Waals surface area (Å²) in [5, 5.41) is 0.656. The lowest BCUT2D eigenvalue weighted by Crippen LogP contribution is -2.04. The lowest BCUT2D eigenvalue weighted by Gasteiger charge is -1.99. The first-order chi connectivity index (χ1) is 6.47. The van der Waals surface area contributed by atoms with E-state index in [0.717, 1.165) is 5.56 Å². The largest absolute Gasteiger partial charge is 0.286 e. The van der Waals surface area contributed by atoms with E-state index < -0.39 is 10.1 Å². The second-order valence-corrected chi connectivity index (χ2v) is 5.02. The predicted octanol–water partition coefficient (Wildman–Crippen LogP) is 2.16. The molecule has 0 aliphatic rings. The van der Waals surface area contributed by atoms with Crippen LogP contribution in [-0.2, 0) is 16.5 Å². The Labute approximate surface area is 88.5 Å². The average Bonchev–Trinajstić information content (AvgIpc) is 2.06. The molecule has 1 rings (SSSR count). The quantitative estimate of drug-likeness (QED) is 0.813. The van der Waals surface area contributed by atoms with Crippen molar-refractivity contribution in [2.24, 2.45) is 0 Å². The number of aryl methyl sites for hydroxylation is 1. The molecule has 1 aromatic rings. The summed E-state index contributed by atoms with van der Waals surface area (Å²) in [5.74, 6) is -0.199. The molecule has 1 aromatic carbocycles. The van der Waals surface area contributed by atoms with Crippen LogP contribution < -0.4 is 0 Å². The van der Waals surface area contributed by atoms with Crippen molar-refractivity contribution in [1.82, 2.24) is 0 Å². The number of rotatable bonds is 4. The van der Waals surface area contributed by atoms with Gasteiger partial charge in [-0.1, -0.05) is 23.7 Å². The van der Waals surface area contributed by atoms with Gasteiger partial charge in [-0.2, -0.15) is 8.42 Å². The Kier molecular flexibility index (Phi) is 3.92. The number of halogens is 1. The zero-order valence-corrected chi connectivity index (χ0v) is 9.05. The van der Waals surface area contributed by atoms with E-state index in [1.165, 1.54) is 0 Å². The van der Waals surface area contributed by atoms with E-state index in [2.05, 4.69) is 0 Å². The molecule has 0 aromatic heterocycles. The summed E-state index contributed by atoms with van der Waals surface area (Å²) in [7, 11) is -3.83. The maximum atomic E-state index is 10.4. The third-order valence-electron chi connectivity index (χ3n) is 1.78. The van der Waals surface area contributed by atoms with Gasteiger partial charge in [-0.25, -0.2) is 0 Å². The number of benzene rings is 1. The van der Waals surface area contributed by atoms with Crippen LogP contribution in [0, 0.1) is 0 Å². The van der Waals surface area contributed by atoms with E-state index in [-0.39, 0.29) is 5.75 Å². The topological polar surface area (TPSA) is 54.4 Å². The van der Waals surface area contributed by atoms with Crippen molar-refractivity contribution in [2.75, 3.05) is 5.75 Å². The van der Waals surface area contributed by atoms with E-state index in [4.69, 9.17) is 16.2 Å². The van der Waals surface area contributed by atoms with Gasteiger partial charge in [0.05, 0.1) is 5.75 Å². The molecule has 14 heavy (non-hydrogen) atoms. The Morgan fingerprint density at radius 1 is 1.21 bits per heavy atom. The third-order valence-corrected chi connectivity index (χ3v) is 2.84. The van der Waals surface area contributed by atoms with Gasteiger partial charge in [0.15, 0.2) is 0 Å². The van der Waals surface area contributed by atoms with E-state index >= 15 is 0 Å². The van der Waals surface area contributed by atoms with Gasteiger partial charge in [0, 0.05) is 5.02 Å². The van der Waals surface area contributed by atoms with Crippen molar-refractivity contribution < 1.29 is 13.0 Å². The van der Waals surface area contributed by atoms with Crippen LogP contribution in [0.1, 0.15) is 12.0 Å². The van der Waals surface area contributed by atoms with Crippen LogP contribution in [0.5, 0.6) is 0 Å². The van der Waals surface area contributed by atoms with Crippen LogP contribution in [0.3, 0.4) is 0 Å². The summed E-state index contributed by atoms with van der Waals surface area (Å²) < 4.78 is 29.3. The fourth-order valence-corrected chi connectivity index (χ4v) is 1.74. The standard InChI is InChI=1S/C9H11ClO3S/c10-9-5-3-8(4-6-9)2-1-7-14(11,12)13/h3-6H,1-2,7H2,(H,11,12,13). The van der Waals surface area contributed by atoms with Gasteiger partial charge in [-0.05, 0) is 30.5 Å². The molecule has 0 amide bonds. The molecule has 1 N–H and O–H groups in total. The molecular formula is C9H11ClO3S. The van der Waals surface area contributed by atoms with Crippen molar-refractivity contribution in [1.29, 1.82) is 0 Å². The number of hydrogen-bond donors (Lipinski definition) is 1. The summed E-state index contributed by atoms with van der Waals surface area (Å²) in [5.41, 5.74) is 1.01. The van der Waals surface area contributed by atoms with Gasteiger partial charge in [0.2, 0.25) is 0 Å². The highest BCUT2D eigenvalue weighted by Gasteiger charge is 2.03. The second kappa shape index (κ2) is 4.77. The normalized spacial score (nSPS) is 11.6. The summed E-state index contributed by atoms with van der Waals surface area (Å²) in [6, 6.07) is 7.19. The molecule has 0 aliphatic heterocycles. The van der Waals surface area contributed by atoms with E-state index in [0.29, 0.717) is 17.9 Å². The Hall–Kier alpha value is -0.580. The molecule has 0 spiro atoms. The lowest BCUT2D eigenvalue weighted by molar-refractivity contribution is 0.481. The molecule has 0 atom stereocenters. The molecule has 0 saturated heterocycles. The zero-order chi connectivity index (χ0) is 10.6. The molecule has 0 fully saturated rings. The minimum Gasteiger partial charge on any atom is -0.286 e. The van der Waals surface area contributed by atoms with E-state index in [9.17, 15) is 8.42 Å². The van der Waals surface area contributed by atoms with Crippen molar-refractivity contribution >= 4 is 21.7 Å². The molecule has 0 saturated carbocycles. The van der Waals surface area contributed by atoms with Gasteiger partial charge in [0.25, 0.3) is 10.1 Å². The average molecular weight is 235 g/mol. The van der Waals surface area contributed by atoms with Gasteiger partial charge >= 0.3 is 0 Å². The highest BCUT2D eigenvalue weighted by molar-refractivity contribution is 7.85. The van der Waals surface area contributed by atoms with Crippen molar-refractivity contribution in [2.45, 2.75) is 12.8 Å². The Morgan fingerprint density at radius 3 is 2.29 bits per heavy atom. The molecular weight excluding hydrogens is 224 g/mol. The van der Waals surface area contributed by atoms with E-state index in [1.54, 1.807) is 12.1 Å². The summed E-state index contributed by atoms with van der Waals surface area (Å²) in [6.07, 6.45) is 1.04. The molecule has 0 heterocycles. The Balaban J connectivity index is 2.43. The van der Waals surface area contributed by atoms with Crippen LogP contribution in [-0.4, -0.2) is 18.7 Å². The fraction of sp³-hybridized carbons (Fsp3) is 0.333. The molecule has 3 nitrogen and oxygen atoms in total. The van der Waals surface area contributed by atoms with Crippen LogP contribution in [0.2, 0.25) is 5.02 Å². The molecule has 0 aliphatic carbocycles. The molecule has 5 heteroatoms. The van der Waals surface area contributed by atoms with Crippen molar-refractivity contribution in [3.63, 3.8) is 0 Å². The second-order valence-electron chi connectivity index (χ2n) is 3.02. The van der Waals surface area contributed by atoms with E-state index in [1.807, 2.05) is 12.1 Å². The van der Waals surface area contributed by atoms with Crippen LogP contribution >= 0.6 is 11.6 Å². The highest BCUT2D eigenvalue weighted by Crippen LogP contribution is 2.11. The summed E-state index contributed by atoms with van der Waals surface area (Å²) in [6.45, 7) is 0. The minimum atomic E-state index is -3.83. The Bertz CT molecular complexity index is 383. The smallest absolute Gasteiger partial charge is 0.264 e. The summed E-state index contributed by atoms with van der Waals surface area (Å²) >= 11 is 5.68. The highest BCUT2D eigenvalue weighted by atomic mass is 35.5. The van der Waals surface area contributed by atoms with Crippen LogP contribution in [0.25, 0.3) is 0 Å². The number of hydrogen-bond acceptors (Lipinski definition) is 2. The lowest BCUT2D eigenvalue weighted by atomic mass is 10.1. The zero-order valence-electron chi connectivity index (χ0n) is 7.48. The van der Waals surface area contributed by atoms with Crippen molar-refractivity contribution in [3.05, 3.63) is 34.9 Å². The fourth-order valence-electron chi connectivity index (χ4n) is 1.11. The van der Waals surface area contributed by atoms with Gasteiger partial charge in [0.1, 0.15) is 0 Å². The third kappa shape index (κ3) is 4.60. The molecule has 0 unspecified atom stereocenters. The predicted molar refractivity (Wildman–Crippen MR) is 56.2 cm³/mol. The molecule has 78 valence electrons. The minimum absolute atomic E-state index is 0.199. The van der Waals surface area contributed by atoms with Crippen molar-refractivity contribution in [3.8, 4) is 0 Å². The van der Waals surface area contributed by atoms with Gasteiger partial charge in [-0.15, -0.1) is 0 Å². The maximum Gasteiger partial charge on any atom is 0.264 e. The maximum absolute atomic E-state index is 10.4. The molecule has 0 radical (unpaired) electrons. The van der Waals surface area contributed by atoms with Gasteiger partial charge < -0.3 is 0 Å². The first-order valence-electron chi connectivity index (χ1n) is 4.17. The Morgan fingerprint density at radius 2 is 1.79 bits per heavy atom. The summed E-state index contributed by atoms with van der Waals surface area (Å²) in [4.78, 5) is 0. The first-order valence-corrected chi connectivity index (χ1v) is 6.16.